The van der Waals surface area contributed by atoms with Crippen LogP contribution < -0.4 is 0 Å². The molecule has 1 aliphatic heterocycles. The molecule has 1 heterocycles. The van der Waals surface area contributed by atoms with Crippen LogP contribution in [0.15, 0.2) is 0 Å². The van der Waals surface area contributed by atoms with Crippen molar-refractivity contribution in [3.63, 3.8) is 0 Å². The van der Waals surface area contributed by atoms with Gasteiger partial charge in [-0.05, 0) is 13.0 Å². The Labute approximate surface area is 81.6 Å². The Morgan fingerprint density at radius 3 is 2.50 bits per heavy atom. The minimum atomic E-state index is -3.96. The first-order chi connectivity index (χ1) is 6.29. The third-order valence-corrected chi connectivity index (χ3v) is 2.93. The first-order valence-corrected chi connectivity index (χ1v) is 5.95. The quantitative estimate of drug-likeness (QED) is 0.717. The van der Waals surface area contributed by atoms with Crippen LogP contribution >= 0.6 is 0 Å². The Kier molecular flexibility index (Phi) is 3.44. The second-order valence-electron chi connectivity index (χ2n) is 3.52. The van der Waals surface area contributed by atoms with Crippen LogP contribution in [0.1, 0.15) is 12.8 Å². The highest BCUT2D eigenvalue weighted by molar-refractivity contribution is 7.85. The molecule has 0 aromatic carbocycles. The highest BCUT2D eigenvalue weighted by Gasteiger charge is 2.37. The SMILES string of the molecule is O=S(=O)(O)CCCN1CCC(F)(F)C1. The summed E-state index contributed by atoms with van der Waals surface area (Å²) in [5.41, 5.74) is 0. The predicted molar refractivity (Wildman–Crippen MR) is 47.0 cm³/mol. The highest BCUT2D eigenvalue weighted by Crippen LogP contribution is 2.26. The lowest BCUT2D eigenvalue weighted by Gasteiger charge is -2.14. The normalized spacial score (nSPS) is 22.8. The monoisotopic (exact) mass is 229 g/mol. The minimum absolute atomic E-state index is 0.168. The van der Waals surface area contributed by atoms with E-state index < -0.39 is 16.0 Å². The van der Waals surface area contributed by atoms with E-state index in [9.17, 15) is 17.2 Å². The van der Waals surface area contributed by atoms with Crippen molar-refractivity contribution in [3.05, 3.63) is 0 Å². The summed E-state index contributed by atoms with van der Waals surface area (Å²) in [6, 6.07) is 0. The van der Waals surface area contributed by atoms with E-state index in [0.717, 1.165) is 0 Å². The summed E-state index contributed by atoms with van der Waals surface area (Å²) in [6.07, 6.45) is 0.0216. The van der Waals surface area contributed by atoms with Crippen molar-refractivity contribution in [2.24, 2.45) is 0 Å². The molecule has 0 amide bonds. The summed E-state index contributed by atoms with van der Waals surface area (Å²) in [7, 11) is -3.96. The maximum absolute atomic E-state index is 12.6. The first-order valence-electron chi connectivity index (χ1n) is 4.34. The molecular formula is C7H13F2NO3S. The van der Waals surface area contributed by atoms with E-state index in [1.165, 1.54) is 4.90 Å². The van der Waals surface area contributed by atoms with Gasteiger partial charge in [-0.3, -0.25) is 9.45 Å². The van der Waals surface area contributed by atoms with Gasteiger partial charge in [0, 0.05) is 13.0 Å². The van der Waals surface area contributed by atoms with Gasteiger partial charge in [-0.2, -0.15) is 8.42 Å². The maximum Gasteiger partial charge on any atom is 0.264 e. The lowest BCUT2D eigenvalue weighted by molar-refractivity contribution is 0.0123. The summed E-state index contributed by atoms with van der Waals surface area (Å²) in [5, 5.41) is 0. The molecule has 1 fully saturated rings. The average Bonchev–Trinajstić information content (AvgIpc) is 2.27. The molecule has 1 N–H and O–H groups in total. The molecule has 0 unspecified atom stereocenters. The number of likely N-dealkylation sites (tertiary alicyclic amines) is 1. The first kappa shape index (κ1) is 11.8. The standard InChI is InChI=1S/C7H13F2NO3S/c8-7(9)2-4-10(6-7)3-1-5-14(11,12)13/h1-6H2,(H,11,12,13). The van der Waals surface area contributed by atoms with Crippen LogP contribution in [0, 0.1) is 0 Å². The zero-order valence-electron chi connectivity index (χ0n) is 7.62. The van der Waals surface area contributed by atoms with E-state index in [2.05, 4.69) is 0 Å². The van der Waals surface area contributed by atoms with Gasteiger partial charge in [0.25, 0.3) is 16.0 Å². The lowest BCUT2D eigenvalue weighted by atomic mass is 10.3. The van der Waals surface area contributed by atoms with Crippen LogP contribution in [-0.2, 0) is 10.1 Å². The summed E-state index contributed by atoms with van der Waals surface area (Å²) >= 11 is 0. The van der Waals surface area contributed by atoms with Crippen LogP contribution in [0.4, 0.5) is 8.78 Å². The molecule has 0 aromatic rings. The predicted octanol–water partition coefficient (Wildman–Crippen LogP) is 0.605. The van der Waals surface area contributed by atoms with Gasteiger partial charge in [0.05, 0.1) is 12.3 Å². The smallest absolute Gasteiger partial charge is 0.264 e. The molecular weight excluding hydrogens is 216 g/mol. The third kappa shape index (κ3) is 4.30. The summed E-state index contributed by atoms with van der Waals surface area (Å²) in [6.45, 7) is 0.270. The Morgan fingerprint density at radius 2 is 2.07 bits per heavy atom. The molecule has 84 valence electrons. The van der Waals surface area contributed by atoms with Crippen LogP contribution in [0.25, 0.3) is 0 Å². The molecule has 0 radical (unpaired) electrons. The van der Waals surface area contributed by atoms with Crippen molar-refractivity contribution in [2.45, 2.75) is 18.8 Å². The van der Waals surface area contributed by atoms with Gasteiger partial charge in [0.2, 0.25) is 0 Å². The molecule has 1 aliphatic rings. The van der Waals surface area contributed by atoms with Crippen LogP contribution in [0.5, 0.6) is 0 Å². The van der Waals surface area contributed by atoms with Gasteiger partial charge < -0.3 is 0 Å². The highest BCUT2D eigenvalue weighted by atomic mass is 32.2. The third-order valence-electron chi connectivity index (χ3n) is 2.13. The van der Waals surface area contributed by atoms with Crippen molar-refractivity contribution >= 4 is 10.1 Å². The van der Waals surface area contributed by atoms with Crippen molar-refractivity contribution in [2.75, 3.05) is 25.4 Å². The summed E-state index contributed by atoms with van der Waals surface area (Å²) in [4.78, 5) is 1.51. The zero-order chi connectivity index (χ0) is 10.8. The number of alkyl halides is 2. The maximum atomic E-state index is 12.6. The van der Waals surface area contributed by atoms with Crippen molar-refractivity contribution < 1.29 is 21.8 Å². The van der Waals surface area contributed by atoms with E-state index in [1.807, 2.05) is 0 Å². The Balaban J connectivity index is 2.22. The molecule has 0 aliphatic carbocycles. The lowest BCUT2D eigenvalue weighted by Crippen LogP contribution is -2.27. The average molecular weight is 229 g/mol. The second-order valence-corrected chi connectivity index (χ2v) is 5.09. The number of hydrogen-bond donors (Lipinski definition) is 1. The van der Waals surface area contributed by atoms with Gasteiger partial charge in [-0.25, -0.2) is 8.78 Å². The van der Waals surface area contributed by atoms with E-state index in [4.69, 9.17) is 4.55 Å². The van der Waals surface area contributed by atoms with E-state index in [1.54, 1.807) is 0 Å². The molecule has 1 saturated heterocycles. The summed E-state index contributed by atoms with van der Waals surface area (Å²) in [5.74, 6) is -3.01. The Bertz CT molecular complexity index is 291. The molecule has 0 atom stereocenters. The number of nitrogens with zero attached hydrogens (tertiary/aromatic N) is 1. The Morgan fingerprint density at radius 1 is 1.43 bits per heavy atom. The van der Waals surface area contributed by atoms with Crippen LogP contribution in [-0.4, -0.2) is 49.2 Å². The topological polar surface area (TPSA) is 57.6 Å². The van der Waals surface area contributed by atoms with Crippen molar-refractivity contribution in [1.29, 1.82) is 0 Å². The second kappa shape index (κ2) is 4.08. The number of hydrogen-bond acceptors (Lipinski definition) is 3. The Hall–Kier alpha value is -0.270. The largest absolute Gasteiger partial charge is 0.297 e. The molecule has 0 saturated carbocycles. The fourth-order valence-corrected chi connectivity index (χ4v) is 1.96. The van der Waals surface area contributed by atoms with Gasteiger partial charge in [-0.1, -0.05) is 0 Å². The molecule has 0 bridgehead atoms. The van der Waals surface area contributed by atoms with E-state index in [-0.39, 0.29) is 31.7 Å². The molecule has 0 aromatic heterocycles. The van der Waals surface area contributed by atoms with E-state index in [0.29, 0.717) is 6.54 Å². The number of rotatable bonds is 4. The van der Waals surface area contributed by atoms with Gasteiger partial charge in [-0.15, -0.1) is 0 Å². The van der Waals surface area contributed by atoms with Gasteiger partial charge in [0.15, 0.2) is 0 Å². The molecule has 7 heteroatoms. The van der Waals surface area contributed by atoms with Crippen LogP contribution in [0.3, 0.4) is 0 Å². The minimum Gasteiger partial charge on any atom is -0.297 e. The molecule has 0 spiro atoms. The van der Waals surface area contributed by atoms with Gasteiger partial charge in [0.1, 0.15) is 0 Å². The molecule has 14 heavy (non-hydrogen) atoms. The molecule has 1 rings (SSSR count). The van der Waals surface area contributed by atoms with Crippen molar-refractivity contribution in [3.8, 4) is 0 Å². The van der Waals surface area contributed by atoms with Crippen molar-refractivity contribution in [1.82, 2.24) is 4.90 Å². The van der Waals surface area contributed by atoms with Crippen LogP contribution in [0.2, 0.25) is 0 Å². The summed E-state index contributed by atoms with van der Waals surface area (Å²) < 4.78 is 54.3. The number of halogens is 2. The zero-order valence-corrected chi connectivity index (χ0v) is 8.43. The fourth-order valence-electron chi connectivity index (χ4n) is 1.47. The fraction of sp³-hybridized carbons (Fsp3) is 1.00. The van der Waals surface area contributed by atoms with E-state index >= 15 is 0 Å². The van der Waals surface area contributed by atoms with Gasteiger partial charge >= 0.3 is 0 Å². The molecule has 4 nitrogen and oxygen atoms in total.